The summed E-state index contributed by atoms with van der Waals surface area (Å²) < 4.78 is 0.788. The van der Waals surface area contributed by atoms with Gasteiger partial charge in [-0.05, 0) is 17.7 Å². The van der Waals surface area contributed by atoms with Gasteiger partial charge in [0.25, 0.3) is 0 Å². The van der Waals surface area contributed by atoms with E-state index >= 15 is 0 Å². The van der Waals surface area contributed by atoms with Crippen LogP contribution in [0.3, 0.4) is 0 Å². The van der Waals surface area contributed by atoms with E-state index in [9.17, 15) is 5.11 Å². The molecule has 0 heterocycles. The first-order valence-electron chi connectivity index (χ1n) is 3.85. The van der Waals surface area contributed by atoms with Crippen LogP contribution in [0.4, 0.5) is 0 Å². The normalized spacial score (nSPS) is 15.4. The maximum Gasteiger partial charge on any atom is 0.146 e. The number of aliphatic hydroxyl groups excluding tert-OH is 2. The van der Waals surface area contributed by atoms with E-state index in [1.807, 2.05) is 0 Å². The van der Waals surface area contributed by atoms with Crippen LogP contribution in [0.1, 0.15) is 11.7 Å². The third-order valence-corrected chi connectivity index (χ3v) is 2.21. The lowest BCUT2D eigenvalue weighted by Crippen LogP contribution is -2.20. The second-order valence-electron chi connectivity index (χ2n) is 2.73. The Bertz CT molecular complexity index is 277. The van der Waals surface area contributed by atoms with Gasteiger partial charge in [0.2, 0.25) is 0 Å². The molecule has 2 atom stereocenters. The summed E-state index contributed by atoms with van der Waals surface area (Å²) in [7, 11) is 0. The largest absolute Gasteiger partial charge is 0.394 e. The second-order valence-corrected chi connectivity index (χ2v) is 3.64. The second kappa shape index (κ2) is 4.72. The van der Waals surface area contributed by atoms with Gasteiger partial charge in [0.1, 0.15) is 12.2 Å². The van der Waals surface area contributed by atoms with Gasteiger partial charge >= 0.3 is 0 Å². The number of rotatable bonds is 3. The van der Waals surface area contributed by atoms with Crippen molar-refractivity contribution in [3.63, 3.8) is 0 Å². The molecule has 71 valence electrons. The molecule has 3 nitrogen and oxygen atoms in total. The van der Waals surface area contributed by atoms with Crippen molar-refractivity contribution in [1.82, 2.24) is 0 Å². The molecule has 1 radical (unpaired) electrons. The van der Waals surface area contributed by atoms with Gasteiger partial charge in [0.15, 0.2) is 0 Å². The first-order chi connectivity index (χ1) is 6.15. The van der Waals surface area contributed by atoms with Crippen LogP contribution in [-0.2, 0) is 5.11 Å². The summed E-state index contributed by atoms with van der Waals surface area (Å²) in [5, 5.41) is 29.0. The minimum Gasteiger partial charge on any atom is -0.394 e. The van der Waals surface area contributed by atoms with E-state index in [2.05, 4.69) is 15.9 Å². The Labute approximate surface area is 84.8 Å². The van der Waals surface area contributed by atoms with Crippen LogP contribution < -0.4 is 0 Å². The van der Waals surface area contributed by atoms with Crippen molar-refractivity contribution in [2.45, 2.75) is 12.2 Å². The average molecular weight is 246 g/mol. The van der Waals surface area contributed by atoms with Crippen molar-refractivity contribution in [2.75, 3.05) is 6.61 Å². The quantitative estimate of drug-likeness (QED) is 0.843. The summed E-state index contributed by atoms with van der Waals surface area (Å²) in [6.45, 7) is -0.513. The standard InChI is InChI=1S/C9H10BrO3/c10-7-3-1-2-6(4-7)9(13)8(12)5-11/h1-4,8-9,11-12H,5H2. The summed E-state index contributed by atoms with van der Waals surface area (Å²) >= 11 is 3.22. The van der Waals surface area contributed by atoms with E-state index in [0.717, 1.165) is 4.47 Å². The minimum atomic E-state index is -1.29. The van der Waals surface area contributed by atoms with E-state index in [1.165, 1.54) is 0 Å². The highest BCUT2D eigenvalue weighted by Gasteiger charge is 2.18. The molecular weight excluding hydrogens is 236 g/mol. The lowest BCUT2D eigenvalue weighted by atomic mass is 10.1. The summed E-state index contributed by atoms with van der Waals surface area (Å²) in [6.07, 6.45) is -2.53. The van der Waals surface area contributed by atoms with Crippen molar-refractivity contribution >= 4 is 15.9 Å². The number of hydrogen-bond acceptors (Lipinski definition) is 2. The van der Waals surface area contributed by atoms with Crippen LogP contribution in [0.15, 0.2) is 28.7 Å². The van der Waals surface area contributed by atoms with Gasteiger partial charge in [0.05, 0.1) is 6.61 Å². The highest BCUT2D eigenvalue weighted by atomic mass is 79.9. The van der Waals surface area contributed by atoms with Gasteiger partial charge in [-0.1, -0.05) is 28.1 Å². The zero-order valence-electron chi connectivity index (χ0n) is 6.85. The van der Waals surface area contributed by atoms with E-state index in [0.29, 0.717) is 5.56 Å². The molecule has 1 aromatic rings. The molecule has 0 aliphatic rings. The van der Waals surface area contributed by atoms with Crippen molar-refractivity contribution < 1.29 is 15.3 Å². The van der Waals surface area contributed by atoms with Crippen LogP contribution in [-0.4, -0.2) is 22.9 Å². The Morgan fingerprint density at radius 1 is 1.46 bits per heavy atom. The monoisotopic (exact) mass is 245 g/mol. The molecule has 0 aromatic heterocycles. The van der Waals surface area contributed by atoms with Crippen LogP contribution in [0.5, 0.6) is 0 Å². The zero-order valence-corrected chi connectivity index (χ0v) is 8.44. The van der Waals surface area contributed by atoms with E-state index in [4.69, 9.17) is 10.2 Å². The fourth-order valence-corrected chi connectivity index (χ4v) is 1.42. The minimum absolute atomic E-state index is 0.468. The molecule has 1 rings (SSSR count). The molecule has 2 N–H and O–H groups in total. The van der Waals surface area contributed by atoms with Gasteiger partial charge in [0, 0.05) is 4.47 Å². The first kappa shape index (κ1) is 10.7. The molecule has 0 fully saturated rings. The van der Waals surface area contributed by atoms with Crippen LogP contribution in [0.25, 0.3) is 0 Å². The van der Waals surface area contributed by atoms with Crippen molar-refractivity contribution in [3.05, 3.63) is 34.3 Å². The lowest BCUT2D eigenvalue weighted by Gasteiger charge is -2.13. The van der Waals surface area contributed by atoms with Crippen LogP contribution in [0, 0.1) is 0 Å². The SMILES string of the molecule is [O]C(c1cccc(Br)c1)C(O)CO. The average Bonchev–Trinajstić information content (AvgIpc) is 2.15. The van der Waals surface area contributed by atoms with E-state index in [1.54, 1.807) is 24.3 Å². The van der Waals surface area contributed by atoms with Gasteiger partial charge in [-0.25, -0.2) is 5.11 Å². The van der Waals surface area contributed by atoms with Crippen LogP contribution in [0.2, 0.25) is 0 Å². The Morgan fingerprint density at radius 3 is 2.69 bits per heavy atom. The maximum absolute atomic E-state index is 11.4. The Hall–Kier alpha value is -0.420. The maximum atomic E-state index is 11.4. The predicted molar refractivity (Wildman–Crippen MR) is 50.7 cm³/mol. The molecule has 0 spiro atoms. The molecule has 2 unspecified atom stereocenters. The highest BCUT2D eigenvalue weighted by Crippen LogP contribution is 2.20. The summed E-state index contributed by atoms with van der Waals surface area (Å²) in [5.41, 5.74) is 0.468. The topological polar surface area (TPSA) is 60.4 Å². The third-order valence-electron chi connectivity index (χ3n) is 1.71. The molecule has 0 saturated heterocycles. The highest BCUT2D eigenvalue weighted by molar-refractivity contribution is 9.10. The van der Waals surface area contributed by atoms with Crippen LogP contribution >= 0.6 is 15.9 Å². The molecule has 13 heavy (non-hydrogen) atoms. The molecule has 0 aliphatic carbocycles. The Kier molecular flexibility index (Phi) is 3.87. The third kappa shape index (κ3) is 2.77. The van der Waals surface area contributed by atoms with E-state index < -0.39 is 18.8 Å². The van der Waals surface area contributed by atoms with Crippen molar-refractivity contribution in [2.24, 2.45) is 0 Å². The summed E-state index contributed by atoms with van der Waals surface area (Å²) in [5.74, 6) is 0. The van der Waals surface area contributed by atoms with Crippen molar-refractivity contribution in [3.8, 4) is 0 Å². The fraction of sp³-hybridized carbons (Fsp3) is 0.333. The number of benzene rings is 1. The molecule has 0 bridgehead atoms. The molecule has 0 amide bonds. The van der Waals surface area contributed by atoms with E-state index in [-0.39, 0.29) is 0 Å². The summed E-state index contributed by atoms with van der Waals surface area (Å²) in [6, 6.07) is 6.77. The molecule has 0 saturated carbocycles. The molecular formula is C9H10BrO3. The van der Waals surface area contributed by atoms with Gasteiger partial charge in [-0.2, -0.15) is 0 Å². The van der Waals surface area contributed by atoms with Gasteiger partial charge < -0.3 is 10.2 Å². The lowest BCUT2D eigenvalue weighted by molar-refractivity contribution is -0.0514. The van der Waals surface area contributed by atoms with Crippen molar-refractivity contribution in [1.29, 1.82) is 0 Å². The Balaban J connectivity index is 2.82. The zero-order chi connectivity index (χ0) is 9.84. The number of aliphatic hydroxyl groups is 2. The van der Waals surface area contributed by atoms with Gasteiger partial charge in [-0.3, -0.25) is 0 Å². The Morgan fingerprint density at radius 2 is 2.15 bits per heavy atom. The predicted octanol–water partition coefficient (Wildman–Crippen LogP) is 1.27. The summed E-state index contributed by atoms with van der Waals surface area (Å²) in [4.78, 5) is 0. The van der Waals surface area contributed by atoms with Gasteiger partial charge in [-0.15, -0.1) is 0 Å². The number of halogens is 1. The first-order valence-corrected chi connectivity index (χ1v) is 4.64. The smallest absolute Gasteiger partial charge is 0.146 e. The molecule has 1 aromatic carbocycles. The molecule has 4 heteroatoms. The molecule has 0 aliphatic heterocycles. The number of hydrogen-bond donors (Lipinski definition) is 2. The fourth-order valence-electron chi connectivity index (χ4n) is 1.00.